The summed E-state index contributed by atoms with van der Waals surface area (Å²) < 4.78 is 11.2. The summed E-state index contributed by atoms with van der Waals surface area (Å²) in [5.74, 6) is 1.89. The minimum atomic E-state index is 0.208. The Morgan fingerprint density at radius 3 is 1.62 bits per heavy atom. The lowest BCUT2D eigenvalue weighted by atomic mass is 10.1. The third-order valence-electron chi connectivity index (χ3n) is 5.21. The summed E-state index contributed by atoms with van der Waals surface area (Å²) in [7, 11) is 0. The van der Waals surface area contributed by atoms with E-state index in [2.05, 4.69) is 9.89 Å². The van der Waals surface area contributed by atoms with Gasteiger partial charge in [0.1, 0.15) is 17.2 Å². The third-order valence-corrected chi connectivity index (χ3v) is 5.21. The number of anilines is 3. The quantitative estimate of drug-likeness (QED) is 0.269. The van der Waals surface area contributed by atoms with Gasteiger partial charge in [0.05, 0.1) is 18.9 Å². The van der Waals surface area contributed by atoms with E-state index in [1.54, 1.807) is 18.3 Å². The molecular formula is C29H28N2O3. The average molecular weight is 453 g/mol. The number of aliphatic imine (C=N–C) groups is 1. The summed E-state index contributed by atoms with van der Waals surface area (Å²) in [6.07, 6.45) is 1.67. The smallest absolute Gasteiger partial charge is 0.124 e. The van der Waals surface area contributed by atoms with Gasteiger partial charge in [-0.05, 0) is 98.8 Å². The molecule has 0 saturated carbocycles. The maximum absolute atomic E-state index is 9.95. The van der Waals surface area contributed by atoms with Crippen molar-refractivity contribution in [2.75, 3.05) is 18.1 Å². The highest BCUT2D eigenvalue weighted by atomic mass is 16.5. The lowest BCUT2D eigenvalue weighted by Gasteiger charge is -2.26. The predicted molar refractivity (Wildman–Crippen MR) is 139 cm³/mol. The van der Waals surface area contributed by atoms with Crippen molar-refractivity contribution in [3.8, 4) is 17.2 Å². The molecule has 0 fully saturated rings. The number of benzene rings is 4. The van der Waals surface area contributed by atoms with Crippen LogP contribution in [0.4, 0.5) is 22.7 Å². The Labute approximate surface area is 200 Å². The molecule has 0 spiro atoms. The number of aromatic hydroxyl groups is 1. The molecule has 0 unspecified atom stereocenters. The molecule has 0 heterocycles. The van der Waals surface area contributed by atoms with Gasteiger partial charge >= 0.3 is 0 Å². The number of phenols is 1. The second kappa shape index (κ2) is 11.1. The maximum atomic E-state index is 9.95. The highest BCUT2D eigenvalue weighted by Gasteiger charge is 2.13. The number of nitrogens with zero attached hydrogens (tertiary/aromatic N) is 2. The van der Waals surface area contributed by atoms with E-state index in [1.165, 1.54) is 0 Å². The normalized spacial score (nSPS) is 10.9. The highest BCUT2D eigenvalue weighted by molar-refractivity contribution is 5.85. The minimum absolute atomic E-state index is 0.208. The van der Waals surface area contributed by atoms with Crippen LogP contribution in [-0.2, 0) is 0 Å². The number of phenolic OH excluding ortho intramolecular Hbond substituents is 1. The summed E-state index contributed by atoms with van der Waals surface area (Å²) in [5, 5.41) is 9.95. The van der Waals surface area contributed by atoms with Crippen LogP contribution in [0.5, 0.6) is 17.2 Å². The van der Waals surface area contributed by atoms with E-state index in [-0.39, 0.29) is 5.75 Å². The van der Waals surface area contributed by atoms with Gasteiger partial charge in [-0.3, -0.25) is 4.99 Å². The van der Waals surface area contributed by atoms with Gasteiger partial charge in [0.15, 0.2) is 0 Å². The fourth-order valence-electron chi connectivity index (χ4n) is 3.59. The van der Waals surface area contributed by atoms with Gasteiger partial charge in [0, 0.05) is 28.8 Å². The van der Waals surface area contributed by atoms with E-state index in [1.807, 2.05) is 98.8 Å². The second-order valence-corrected chi connectivity index (χ2v) is 7.52. The van der Waals surface area contributed by atoms with E-state index < -0.39 is 0 Å². The molecule has 0 saturated heterocycles. The van der Waals surface area contributed by atoms with Crippen molar-refractivity contribution in [1.29, 1.82) is 0 Å². The zero-order chi connectivity index (χ0) is 23.8. The van der Waals surface area contributed by atoms with Crippen LogP contribution in [0.2, 0.25) is 0 Å². The van der Waals surface area contributed by atoms with Crippen molar-refractivity contribution in [2.45, 2.75) is 13.8 Å². The lowest BCUT2D eigenvalue weighted by Crippen LogP contribution is -2.09. The first-order valence-corrected chi connectivity index (χ1v) is 11.4. The number of rotatable bonds is 9. The molecule has 4 aromatic rings. The van der Waals surface area contributed by atoms with Crippen molar-refractivity contribution in [3.63, 3.8) is 0 Å². The Morgan fingerprint density at radius 2 is 1.15 bits per heavy atom. The molecule has 1 N–H and O–H groups in total. The largest absolute Gasteiger partial charge is 0.507 e. The van der Waals surface area contributed by atoms with Crippen molar-refractivity contribution in [1.82, 2.24) is 0 Å². The molecular weight excluding hydrogens is 424 g/mol. The van der Waals surface area contributed by atoms with Gasteiger partial charge in [-0.2, -0.15) is 0 Å². The van der Waals surface area contributed by atoms with Crippen LogP contribution < -0.4 is 14.4 Å². The van der Waals surface area contributed by atoms with E-state index in [0.29, 0.717) is 18.8 Å². The van der Waals surface area contributed by atoms with Crippen LogP contribution >= 0.6 is 0 Å². The number of ether oxygens (including phenoxy) is 2. The van der Waals surface area contributed by atoms with E-state index in [4.69, 9.17) is 9.47 Å². The van der Waals surface area contributed by atoms with Gasteiger partial charge in [-0.1, -0.05) is 12.1 Å². The summed E-state index contributed by atoms with van der Waals surface area (Å²) in [5.41, 5.74) is 4.49. The number of para-hydroxylation sites is 1. The van der Waals surface area contributed by atoms with Crippen molar-refractivity contribution >= 4 is 29.0 Å². The molecule has 172 valence electrons. The van der Waals surface area contributed by atoms with Crippen LogP contribution in [0, 0.1) is 0 Å². The zero-order valence-electron chi connectivity index (χ0n) is 19.4. The molecule has 0 aliphatic rings. The Bertz CT molecular complexity index is 1170. The van der Waals surface area contributed by atoms with Crippen LogP contribution in [0.25, 0.3) is 0 Å². The molecule has 5 nitrogen and oxygen atoms in total. The predicted octanol–water partition coefficient (Wildman–Crippen LogP) is 7.41. The topological polar surface area (TPSA) is 54.3 Å². The zero-order valence-corrected chi connectivity index (χ0v) is 19.4. The van der Waals surface area contributed by atoms with Gasteiger partial charge in [0.2, 0.25) is 0 Å². The molecule has 0 aliphatic heterocycles. The number of hydrogen-bond donors (Lipinski definition) is 1. The Hall–Kier alpha value is -4.25. The molecule has 0 amide bonds. The monoisotopic (exact) mass is 452 g/mol. The highest BCUT2D eigenvalue weighted by Crippen LogP contribution is 2.36. The van der Waals surface area contributed by atoms with Crippen molar-refractivity contribution in [3.05, 3.63) is 103 Å². The van der Waals surface area contributed by atoms with Crippen LogP contribution in [0.3, 0.4) is 0 Å². The Kier molecular flexibility index (Phi) is 7.45. The minimum Gasteiger partial charge on any atom is -0.507 e. The summed E-state index contributed by atoms with van der Waals surface area (Å²) in [6, 6.07) is 31.2. The molecule has 0 aromatic heterocycles. The first-order chi connectivity index (χ1) is 16.7. The molecule has 34 heavy (non-hydrogen) atoms. The van der Waals surface area contributed by atoms with Gasteiger partial charge in [-0.15, -0.1) is 0 Å². The van der Waals surface area contributed by atoms with E-state index >= 15 is 0 Å². The molecule has 0 bridgehead atoms. The second-order valence-electron chi connectivity index (χ2n) is 7.52. The summed E-state index contributed by atoms with van der Waals surface area (Å²) >= 11 is 0. The van der Waals surface area contributed by atoms with Crippen molar-refractivity contribution < 1.29 is 14.6 Å². The maximum Gasteiger partial charge on any atom is 0.124 e. The van der Waals surface area contributed by atoms with Gasteiger partial charge in [-0.25, -0.2) is 0 Å². The van der Waals surface area contributed by atoms with Crippen LogP contribution in [-0.4, -0.2) is 24.5 Å². The molecule has 4 rings (SSSR count). The van der Waals surface area contributed by atoms with Crippen LogP contribution in [0.15, 0.2) is 102 Å². The Morgan fingerprint density at radius 1 is 0.676 bits per heavy atom. The summed E-state index contributed by atoms with van der Waals surface area (Å²) in [6.45, 7) is 5.21. The fourth-order valence-corrected chi connectivity index (χ4v) is 3.59. The lowest BCUT2D eigenvalue weighted by molar-refractivity contribution is 0.340. The molecule has 0 atom stereocenters. The SMILES string of the molecule is CCOc1ccc(N(c2ccc(N=Cc3ccccc3O)cc2)c2ccc(OCC)cc2)cc1. The van der Waals surface area contributed by atoms with E-state index in [9.17, 15) is 5.11 Å². The van der Waals surface area contributed by atoms with E-state index in [0.717, 1.165) is 34.2 Å². The molecule has 4 aromatic carbocycles. The van der Waals surface area contributed by atoms with Crippen molar-refractivity contribution in [2.24, 2.45) is 4.99 Å². The Balaban J connectivity index is 1.64. The average Bonchev–Trinajstić information content (AvgIpc) is 2.87. The van der Waals surface area contributed by atoms with Crippen LogP contribution in [0.1, 0.15) is 19.4 Å². The first kappa shape index (κ1) is 22.9. The van der Waals surface area contributed by atoms with Gasteiger partial charge < -0.3 is 19.5 Å². The molecule has 0 aliphatic carbocycles. The number of hydrogen-bond acceptors (Lipinski definition) is 5. The molecule has 5 heteroatoms. The van der Waals surface area contributed by atoms with Gasteiger partial charge in [0.25, 0.3) is 0 Å². The first-order valence-electron chi connectivity index (χ1n) is 11.4. The third kappa shape index (κ3) is 5.56. The summed E-state index contributed by atoms with van der Waals surface area (Å²) in [4.78, 5) is 6.68. The molecule has 0 radical (unpaired) electrons. The standard InChI is InChI=1S/C29H28N2O3/c1-3-33-27-17-13-25(14-18-27)31(26-15-19-28(20-16-26)34-4-2)24-11-9-23(10-12-24)30-21-22-7-5-6-8-29(22)32/h5-21,32H,3-4H2,1-2H3. The fraction of sp³-hybridized carbons (Fsp3) is 0.138.